The Labute approximate surface area is 115 Å². The van der Waals surface area contributed by atoms with E-state index in [-0.39, 0.29) is 11.2 Å². The van der Waals surface area contributed by atoms with Gasteiger partial charge in [0, 0.05) is 5.41 Å². The third kappa shape index (κ3) is 4.60. The van der Waals surface area contributed by atoms with Crippen LogP contribution in [0.2, 0.25) is 0 Å². The van der Waals surface area contributed by atoms with E-state index >= 15 is 0 Å². The van der Waals surface area contributed by atoms with Crippen LogP contribution >= 0.6 is 0 Å². The molecule has 0 aromatic heterocycles. The highest BCUT2D eigenvalue weighted by molar-refractivity contribution is 7.89. The summed E-state index contributed by atoms with van der Waals surface area (Å²) < 4.78 is 28.4. The fourth-order valence-corrected chi connectivity index (χ4v) is 4.07. The van der Waals surface area contributed by atoms with E-state index in [1.165, 1.54) is 0 Å². The molecule has 1 aliphatic rings. The molecule has 19 heavy (non-hydrogen) atoms. The zero-order valence-corrected chi connectivity index (χ0v) is 11.9. The molecule has 1 aromatic carbocycles. The standard InChI is InChI=1S/C14H21NO3S/c15-19(16,17)12-14(8-4-5-9-14)11-18-10-13-6-2-1-3-7-13/h1-3,6-7H,4-5,8-12H2,(H2,15,16,17). The van der Waals surface area contributed by atoms with Gasteiger partial charge in [0.15, 0.2) is 0 Å². The van der Waals surface area contributed by atoms with Crippen LogP contribution in [0.25, 0.3) is 0 Å². The van der Waals surface area contributed by atoms with Crippen molar-refractivity contribution in [1.82, 2.24) is 0 Å². The number of benzene rings is 1. The zero-order valence-electron chi connectivity index (χ0n) is 11.0. The Balaban J connectivity index is 1.91. The maximum Gasteiger partial charge on any atom is 0.209 e. The van der Waals surface area contributed by atoms with E-state index in [0.29, 0.717) is 13.2 Å². The fraction of sp³-hybridized carbons (Fsp3) is 0.571. The first-order chi connectivity index (χ1) is 8.99. The molecule has 0 unspecified atom stereocenters. The van der Waals surface area contributed by atoms with Crippen LogP contribution in [0.1, 0.15) is 31.2 Å². The van der Waals surface area contributed by atoms with Gasteiger partial charge in [-0.25, -0.2) is 13.6 Å². The lowest BCUT2D eigenvalue weighted by Crippen LogP contribution is -2.35. The zero-order chi connectivity index (χ0) is 13.8. The lowest BCUT2D eigenvalue weighted by molar-refractivity contribution is 0.0472. The molecule has 0 bridgehead atoms. The first-order valence-corrected chi connectivity index (χ1v) is 8.33. The molecule has 0 spiro atoms. The predicted octanol–water partition coefficient (Wildman–Crippen LogP) is 2.05. The van der Waals surface area contributed by atoms with Gasteiger partial charge < -0.3 is 4.74 Å². The Kier molecular flexibility index (Phi) is 4.60. The highest BCUT2D eigenvalue weighted by atomic mass is 32.2. The maximum absolute atomic E-state index is 11.3. The van der Waals surface area contributed by atoms with Crippen molar-refractivity contribution in [2.75, 3.05) is 12.4 Å². The molecule has 0 saturated heterocycles. The number of ether oxygens (including phenoxy) is 1. The molecule has 2 N–H and O–H groups in total. The van der Waals surface area contributed by atoms with Gasteiger partial charge in [0.25, 0.3) is 0 Å². The molecule has 5 heteroatoms. The predicted molar refractivity (Wildman–Crippen MR) is 75.0 cm³/mol. The van der Waals surface area contributed by atoms with Gasteiger partial charge in [-0.3, -0.25) is 0 Å². The van der Waals surface area contributed by atoms with Crippen LogP contribution in [0.3, 0.4) is 0 Å². The van der Waals surface area contributed by atoms with Crippen LogP contribution in [0.5, 0.6) is 0 Å². The van der Waals surface area contributed by atoms with Gasteiger partial charge in [-0.2, -0.15) is 0 Å². The first-order valence-electron chi connectivity index (χ1n) is 6.61. The second-order valence-electron chi connectivity index (χ2n) is 5.49. The van der Waals surface area contributed by atoms with Crippen molar-refractivity contribution in [2.45, 2.75) is 32.3 Å². The molecule has 0 heterocycles. The summed E-state index contributed by atoms with van der Waals surface area (Å²) in [5.74, 6) is 0.0365. The van der Waals surface area contributed by atoms with Crippen LogP contribution in [0.15, 0.2) is 30.3 Å². The largest absolute Gasteiger partial charge is 0.376 e. The van der Waals surface area contributed by atoms with E-state index in [1.54, 1.807) is 0 Å². The summed E-state index contributed by atoms with van der Waals surface area (Å²) in [4.78, 5) is 0. The first kappa shape index (κ1) is 14.5. The smallest absolute Gasteiger partial charge is 0.209 e. The molecule has 0 amide bonds. The lowest BCUT2D eigenvalue weighted by Gasteiger charge is -2.27. The van der Waals surface area contributed by atoms with Gasteiger partial charge in [0.05, 0.1) is 19.0 Å². The molecule has 0 atom stereocenters. The average Bonchev–Trinajstić information content (AvgIpc) is 2.77. The molecule has 1 aromatic rings. The van der Waals surface area contributed by atoms with E-state index in [0.717, 1.165) is 31.2 Å². The van der Waals surface area contributed by atoms with Crippen LogP contribution in [0, 0.1) is 5.41 Å². The Hall–Kier alpha value is -0.910. The van der Waals surface area contributed by atoms with Gasteiger partial charge >= 0.3 is 0 Å². The summed E-state index contributed by atoms with van der Waals surface area (Å²) in [6.07, 6.45) is 3.89. The van der Waals surface area contributed by atoms with E-state index in [2.05, 4.69) is 0 Å². The Morgan fingerprint density at radius 2 is 1.79 bits per heavy atom. The highest BCUT2D eigenvalue weighted by Gasteiger charge is 2.37. The normalized spacial score (nSPS) is 18.6. The minimum atomic E-state index is -3.44. The molecule has 1 saturated carbocycles. The van der Waals surface area contributed by atoms with Crippen molar-refractivity contribution in [1.29, 1.82) is 0 Å². The number of primary sulfonamides is 1. The van der Waals surface area contributed by atoms with E-state index in [9.17, 15) is 8.42 Å². The molecular formula is C14H21NO3S. The summed E-state index contributed by atoms with van der Waals surface area (Å²) in [6.45, 7) is 0.992. The van der Waals surface area contributed by atoms with Crippen LogP contribution in [-0.2, 0) is 21.4 Å². The van der Waals surface area contributed by atoms with Gasteiger partial charge in [-0.05, 0) is 18.4 Å². The number of hydrogen-bond donors (Lipinski definition) is 1. The molecule has 2 rings (SSSR count). The van der Waals surface area contributed by atoms with Crippen LogP contribution < -0.4 is 5.14 Å². The Morgan fingerprint density at radius 3 is 2.37 bits per heavy atom. The minimum absolute atomic E-state index is 0.0365. The van der Waals surface area contributed by atoms with Crippen molar-refractivity contribution in [3.63, 3.8) is 0 Å². The Bertz CT molecular complexity index is 493. The quantitative estimate of drug-likeness (QED) is 0.868. The minimum Gasteiger partial charge on any atom is -0.376 e. The molecule has 4 nitrogen and oxygen atoms in total. The summed E-state index contributed by atoms with van der Waals surface area (Å²) in [6, 6.07) is 9.90. The van der Waals surface area contributed by atoms with Crippen LogP contribution in [-0.4, -0.2) is 20.8 Å². The second kappa shape index (κ2) is 6.03. The van der Waals surface area contributed by atoms with Crippen molar-refractivity contribution < 1.29 is 13.2 Å². The molecule has 106 valence electrons. The van der Waals surface area contributed by atoms with Gasteiger partial charge in [-0.1, -0.05) is 43.2 Å². The highest BCUT2D eigenvalue weighted by Crippen LogP contribution is 2.39. The molecule has 0 radical (unpaired) electrons. The third-order valence-electron chi connectivity index (χ3n) is 3.69. The van der Waals surface area contributed by atoms with Crippen molar-refractivity contribution in [2.24, 2.45) is 10.6 Å². The summed E-state index contributed by atoms with van der Waals surface area (Å²) in [5, 5.41) is 5.20. The fourth-order valence-electron chi connectivity index (χ4n) is 2.84. The van der Waals surface area contributed by atoms with Crippen molar-refractivity contribution in [3.05, 3.63) is 35.9 Å². The molecular weight excluding hydrogens is 262 g/mol. The molecule has 1 aliphatic carbocycles. The van der Waals surface area contributed by atoms with Crippen LogP contribution in [0.4, 0.5) is 0 Å². The number of rotatable bonds is 6. The number of sulfonamides is 1. The van der Waals surface area contributed by atoms with Gasteiger partial charge in [-0.15, -0.1) is 0 Å². The monoisotopic (exact) mass is 283 g/mol. The third-order valence-corrected chi connectivity index (χ3v) is 4.71. The van der Waals surface area contributed by atoms with E-state index < -0.39 is 10.0 Å². The summed E-state index contributed by atoms with van der Waals surface area (Å²) >= 11 is 0. The number of hydrogen-bond acceptors (Lipinski definition) is 3. The van der Waals surface area contributed by atoms with E-state index in [1.807, 2.05) is 30.3 Å². The number of nitrogens with two attached hydrogens (primary N) is 1. The second-order valence-corrected chi connectivity index (χ2v) is 7.11. The van der Waals surface area contributed by atoms with E-state index in [4.69, 9.17) is 9.88 Å². The van der Waals surface area contributed by atoms with Gasteiger partial charge in [0.2, 0.25) is 10.0 Å². The SMILES string of the molecule is NS(=O)(=O)CC1(COCc2ccccc2)CCCC1. The lowest BCUT2D eigenvalue weighted by atomic mass is 9.90. The van der Waals surface area contributed by atoms with Crippen molar-refractivity contribution >= 4 is 10.0 Å². The van der Waals surface area contributed by atoms with Gasteiger partial charge in [0.1, 0.15) is 0 Å². The topological polar surface area (TPSA) is 69.4 Å². The summed E-state index contributed by atoms with van der Waals surface area (Å²) in [7, 11) is -3.44. The molecule has 1 fully saturated rings. The summed E-state index contributed by atoms with van der Waals surface area (Å²) in [5.41, 5.74) is 0.828. The molecule has 0 aliphatic heterocycles. The average molecular weight is 283 g/mol. The van der Waals surface area contributed by atoms with Crippen molar-refractivity contribution in [3.8, 4) is 0 Å². The Morgan fingerprint density at radius 1 is 1.16 bits per heavy atom. The maximum atomic E-state index is 11.3.